The monoisotopic (exact) mass is 265 g/mol. The van der Waals surface area contributed by atoms with Crippen LogP contribution in [0.25, 0.3) is 0 Å². The maximum atomic E-state index is 10.7. The van der Waals surface area contributed by atoms with Crippen LogP contribution in [-0.4, -0.2) is 29.2 Å². The molecule has 104 valence electrons. The third-order valence-corrected chi connectivity index (χ3v) is 3.61. The van der Waals surface area contributed by atoms with Crippen molar-refractivity contribution in [2.75, 3.05) is 23.8 Å². The highest BCUT2D eigenvalue weighted by Gasteiger charge is 2.25. The summed E-state index contributed by atoms with van der Waals surface area (Å²) in [4.78, 5) is 12.5. The number of nitro groups is 1. The standard InChI is InChI=1S/C13H19N3O3/c14-12-9-11(5-6-13(12)16(18)19)15-7-1-3-10(15)4-2-8-17/h5-6,9-10,17H,1-4,7-8,14H2. The number of nitrogen functional groups attached to an aromatic ring is 1. The lowest BCUT2D eigenvalue weighted by molar-refractivity contribution is -0.383. The first-order valence-corrected chi connectivity index (χ1v) is 6.55. The Morgan fingerprint density at radius 3 is 2.95 bits per heavy atom. The van der Waals surface area contributed by atoms with Crippen molar-refractivity contribution in [2.24, 2.45) is 0 Å². The summed E-state index contributed by atoms with van der Waals surface area (Å²) in [6, 6.07) is 5.29. The Hall–Kier alpha value is -1.82. The maximum absolute atomic E-state index is 10.7. The van der Waals surface area contributed by atoms with E-state index in [0.717, 1.165) is 37.9 Å². The maximum Gasteiger partial charge on any atom is 0.292 e. The van der Waals surface area contributed by atoms with Crippen molar-refractivity contribution in [1.29, 1.82) is 0 Å². The number of anilines is 2. The van der Waals surface area contributed by atoms with Gasteiger partial charge in [0.15, 0.2) is 0 Å². The van der Waals surface area contributed by atoms with E-state index in [-0.39, 0.29) is 18.0 Å². The molecule has 19 heavy (non-hydrogen) atoms. The van der Waals surface area contributed by atoms with Gasteiger partial charge in [-0.2, -0.15) is 0 Å². The molecule has 0 aromatic heterocycles. The van der Waals surface area contributed by atoms with E-state index in [0.29, 0.717) is 6.04 Å². The van der Waals surface area contributed by atoms with Gasteiger partial charge in [-0.25, -0.2) is 0 Å². The summed E-state index contributed by atoms with van der Waals surface area (Å²) in [6.45, 7) is 1.14. The minimum atomic E-state index is -0.466. The quantitative estimate of drug-likeness (QED) is 0.482. The highest BCUT2D eigenvalue weighted by atomic mass is 16.6. The molecule has 1 aromatic carbocycles. The van der Waals surface area contributed by atoms with Crippen molar-refractivity contribution in [1.82, 2.24) is 0 Å². The molecule has 1 aliphatic heterocycles. The van der Waals surface area contributed by atoms with Crippen LogP contribution in [0.2, 0.25) is 0 Å². The topological polar surface area (TPSA) is 92.6 Å². The molecule has 0 spiro atoms. The molecule has 6 heteroatoms. The van der Waals surface area contributed by atoms with Crippen molar-refractivity contribution < 1.29 is 10.0 Å². The average Bonchev–Trinajstić information content (AvgIpc) is 2.83. The van der Waals surface area contributed by atoms with E-state index in [2.05, 4.69) is 4.90 Å². The van der Waals surface area contributed by atoms with Crippen molar-refractivity contribution in [3.63, 3.8) is 0 Å². The van der Waals surface area contributed by atoms with E-state index < -0.39 is 4.92 Å². The summed E-state index contributed by atoms with van der Waals surface area (Å²) in [7, 11) is 0. The number of benzene rings is 1. The fourth-order valence-corrected chi connectivity index (χ4v) is 2.69. The summed E-state index contributed by atoms with van der Waals surface area (Å²) in [6.07, 6.45) is 3.92. The SMILES string of the molecule is Nc1cc(N2CCCC2CCCO)ccc1[N+](=O)[O-]. The van der Waals surface area contributed by atoms with E-state index in [9.17, 15) is 10.1 Å². The van der Waals surface area contributed by atoms with Gasteiger partial charge in [0.2, 0.25) is 0 Å². The molecule has 1 aliphatic rings. The number of rotatable bonds is 5. The van der Waals surface area contributed by atoms with E-state index in [1.807, 2.05) is 0 Å². The van der Waals surface area contributed by atoms with Crippen LogP contribution in [0.15, 0.2) is 18.2 Å². The minimum absolute atomic E-state index is 0.0464. The average molecular weight is 265 g/mol. The first kappa shape index (κ1) is 13.6. The van der Waals surface area contributed by atoms with Crippen molar-refractivity contribution >= 4 is 17.1 Å². The molecular formula is C13H19N3O3. The van der Waals surface area contributed by atoms with E-state index >= 15 is 0 Å². The molecule has 0 bridgehead atoms. The molecule has 0 radical (unpaired) electrons. The molecule has 1 saturated heterocycles. The summed E-state index contributed by atoms with van der Waals surface area (Å²) in [5, 5.41) is 19.7. The number of aliphatic hydroxyl groups excluding tert-OH is 1. The van der Waals surface area contributed by atoms with Gasteiger partial charge < -0.3 is 15.7 Å². The molecule has 0 aliphatic carbocycles. The van der Waals surface area contributed by atoms with Crippen molar-refractivity contribution in [3.05, 3.63) is 28.3 Å². The van der Waals surface area contributed by atoms with Gasteiger partial charge >= 0.3 is 0 Å². The zero-order chi connectivity index (χ0) is 13.8. The molecular weight excluding hydrogens is 246 g/mol. The van der Waals surface area contributed by atoms with Crippen LogP contribution < -0.4 is 10.6 Å². The smallest absolute Gasteiger partial charge is 0.292 e. The number of hydrogen-bond donors (Lipinski definition) is 2. The predicted octanol–water partition coefficient (Wildman–Crippen LogP) is 1.92. The number of nitrogens with zero attached hydrogens (tertiary/aromatic N) is 2. The van der Waals surface area contributed by atoms with Gasteiger partial charge in [0.25, 0.3) is 5.69 Å². The zero-order valence-electron chi connectivity index (χ0n) is 10.8. The fraction of sp³-hybridized carbons (Fsp3) is 0.538. The van der Waals surface area contributed by atoms with E-state index in [4.69, 9.17) is 10.8 Å². The van der Waals surface area contributed by atoms with Crippen molar-refractivity contribution in [3.8, 4) is 0 Å². The predicted molar refractivity (Wildman–Crippen MR) is 74.2 cm³/mol. The molecule has 1 aromatic rings. The fourth-order valence-electron chi connectivity index (χ4n) is 2.69. The largest absolute Gasteiger partial charge is 0.396 e. The lowest BCUT2D eigenvalue weighted by Gasteiger charge is -2.27. The third-order valence-electron chi connectivity index (χ3n) is 3.61. The van der Waals surface area contributed by atoms with Gasteiger partial charge in [0, 0.05) is 30.9 Å². The third kappa shape index (κ3) is 2.96. The van der Waals surface area contributed by atoms with Gasteiger partial charge in [-0.1, -0.05) is 0 Å². The normalized spacial score (nSPS) is 18.8. The molecule has 1 fully saturated rings. The van der Waals surface area contributed by atoms with Crippen LogP contribution >= 0.6 is 0 Å². The van der Waals surface area contributed by atoms with Gasteiger partial charge in [0.05, 0.1) is 4.92 Å². The second-order valence-corrected chi connectivity index (χ2v) is 4.86. The number of nitrogens with two attached hydrogens (primary N) is 1. The lowest BCUT2D eigenvalue weighted by Crippen LogP contribution is -2.29. The van der Waals surface area contributed by atoms with E-state index in [1.54, 1.807) is 12.1 Å². The first-order chi connectivity index (χ1) is 9.13. The van der Waals surface area contributed by atoms with Crippen LogP contribution in [0.1, 0.15) is 25.7 Å². The molecule has 0 saturated carbocycles. The lowest BCUT2D eigenvalue weighted by atomic mass is 10.1. The Kier molecular flexibility index (Phi) is 4.21. The molecule has 3 N–H and O–H groups in total. The summed E-state index contributed by atoms with van der Waals surface area (Å²) < 4.78 is 0. The number of aliphatic hydroxyl groups is 1. The summed E-state index contributed by atoms with van der Waals surface area (Å²) in [5.74, 6) is 0. The summed E-state index contributed by atoms with van der Waals surface area (Å²) >= 11 is 0. The highest BCUT2D eigenvalue weighted by Crippen LogP contribution is 2.32. The second-order valence-electron chi connectivity index (χ2n) is 4.86. The number of hydrogen-bond acceptors (Lipinski definition) is 5. The number of nitro benzene ring substituents is 1. The Balaban J connectivity index is 2.16. The van der Waals surface area contributed by atoms with Crippen LogP contribution in [0, 0.1) is 10.1 Å². The Morgan fingerprint density at radius 1 is 1.53 bits per heavy atom. The van der Waals surface area contributed by atoms with Crippen LogP contribution in [0.4, 0.5) is 17.1 Å². The Bertz CT molecular complexity index is 464. The molecule has 1 heterocycles. The highest BCUT2D eigenvalue weighted by molar-refractivity contribution is 5.67. The first-order valence-electron chi connectivity index (χ1n) is 6.55. The van der Waals surface area contributed by atoms with Gasteiger partial charge in [-0.05, 0) is 37.8 Å². The second kappa shape index (κ2) is 5.88. The van der Waals surface area contributed by atoms with Crippen LogP contribution in [0.3, 0.4) is 0 Å². The van der Waals surface area contributed by atoms with Gasteiger partial charge in [-0.15, -0.1) is 0 Å². The minimum Gasteiger partial charge on any atom is -0.396 e. The van der Waals surface area contributed by atoms with Gasteiger partial charge in [-0.3, -0.25) is 10.1 Å². The Labute approximate surface area is 112 Å². The molecule has 2 rings (SSSR count). The molecule has 1 unspecified atom stereocenters. The Morgan fingerprint density at radius 2 is 2.32 bits per heavy atom. The molecule has 1 atom stereocenters. The van der Waals surface area contributed by atoms with Crippen LogP contribution in [-0.2, 0) is 0 Å². The molecule has 0 amide bonds. The summed E-state index contributed by atoms with van der Waals surface area (Å²) in [5.41, 5.74) is 6.82. The molecule has 6 nitrogen and oxygen atoms in total. The van der Waals surface area contributed by atoms with Crippen LogP contribution in [0.5, 0.6) is 0 Å². The zero-order valence-corrected chi connectivity index (χ0v) is 10.8. The van der Waals surface area contributed by atoms with Crippen molar-refractivity contribution in [2.45, 2.75) is 31.7 Å². The van der Waals surface area contributed by atoms with E-state index in [1.165, 1.54) is 6.07 Å². The van der Waals surface area contributed by atoms with Gasteiger partial charge in [0.1, 0.15) is 5.69 Å².